The molecule has 1 saturated heterocycles. The van der Waals surface area contributed by atoms with Gasteiger partial charge in [-0.05, 0) is 0 Å². The molecule has 0 spiro atoms. The second-order valence-corrected chi connectivity index (χ2v) is 3.57. The van der Waals surface area contributed by atoms with Crippen LogP contribution in [0.25, 0.3) is 0 Å². The maximum Gasteiger partial charge on any atom is 0.183 e. The molecular formula is C6H11Ac4IO5. The topological polar surface area (TPSA) is 90.2 Å². The van der Waals surface area contributed by atoms with Gasteiger partial charge in [0.2, 0.25) is 0 Å². The van der Waals surface area contributed by atoms with Gasteiger partial charge in [0, 0.05) is 181 Å². The van der Waals surface area contributed by atoms with Crippen LogP contribution in [0.5, 0.6) is 0 Å². The van der Waals surface area contributed by atoms with E-state index < -0.39 is 30.7 Å². The quantitative estimate of drug-likeness (QED) is 0.185. The number of aliphatic hydroxyl groups is 4. The molecule has 0 aromatic heterocycles. The summed E-state index contributed by atoms with van der Waals surface area (Å²) in [7, 11) is 0. The van der Waals surface area contributed by atoms with Crippen LogP contribution in [0.2, 0.25) is 0 Å². The van der Waals surface area contributed by atoms with Crippen molar-refractivity contribution in [3.05, 3.63) is 0 Å². The molecule has 4 radical (unpaired) electrons. The third kappa shape index (κ3) is 9.44. The number of rotatable bonds is 1. The maximum atomic E-state index is 9.27. The van der Waals surface area contributed by atoms with E-state index in [4.69, 9.17) is 14.9 Å². The molecule has 1 aliphatic rings. The summed E-state index contributed by atoms with van der Waals surface area (Å²) < 4.78 is 5.26. The van der Waals surface area contributed by atoms with E-state index in [1.165, 1.54) is 0 Å². The molecule has 0 amide bonds. The Hall–Kier alpha value is 6.30. The number of aliphatic hydroxyl groups excluding tert-OH is 4. The summed E-state index contributed by atoms with van der Waals surface area (Å²) in [5.74, 6) is 0. The van der Waals surface area contributed by atoms with Gasteiger partial charge in [0.1, 0.15) is 18.3 Å². The number of halogens is 1. The zero-order valence-corrected chi connectivity index (χ0v) is 29.6. The van der Waals surface area contributed by atoms with Crippen molar-refractivity contribution in [1.82, 2.24) is 0 Å². The van der Waals surface area contributed by atoms with Crippen molar-refractivity contribution in [3.8, 4) is 0 Å². The number of hydrogen-bond donors (Lipinski definition) is 4. The van der Waals surface area contributed by atoms with Gasteiger partial charge in [-0.25, -0.2) is 0 Å². The van der Waals surface area contributed by atoms with E-state index in [9.17, 15) is 10.2 Å². The van der Waals surface area contributed by atoms with Gasteiger partial charge in [-0.1, -0.05) is 22.6 Å². The van der Waals surface area contributed by atoms with E-state index in [-0.39, 0.29) is 176 Å². The van der Waals surface area contributed by atoms with Crippen LogP contribution in [-0.2, 0) is 4.74 Å². The van der Waals surface area contributed by atoms with Crippen molar-refractivity contribution < 1.29 is 201 Å². The molecule has 0 aliphatic carbocycles. The van der Waals surface area contributed by atoms with Gasteiger partial charge in [-0.15, -0.1) is 0 Å². The monoisotopic (exact) mass is 1200 g/mol. The molecule has 1 fully saturated rings. The van der Waals surface area contributed by atoms with E-state index in [2.05, 4.69) is 0 Å². The maximum absolute atomic E-state index is 9.27. The Kier molecular flexibility index (Phi) is 30.5. The minimum Gasteiger partial charge on any atom is -0.388 e. The predicted molar refractivity (Wildman–Crippen MR) is 47.8 cm³/mol. The average molecular weight is 1200 g/mol. The smallest absolute Gasteiger partial charge is 0.183 e. The Labute approximate surface area is 251 Å². The fourth-order valence-electron chi connectivity index (χ4n) is 1.06. The molecule has 1 rings (SSSR count). The molecule has 1 heterocycles. The molecule has 0 aromatic rings. The zero-order valence-electron chi connectivity index (χ0n) is 8.48. The SMILES string of the molecule is OC1O[C@H](CI)C(O)C(O)C1O.[Ac].[Ac].[Ac].[Ac]. The normalized spacial score (nSPS) is 36.9. The van der Waals surface area contributed by atoms with Gasteiger partial charge in [-0.2, -0.15) is 0 Å². The summed E-state index contributed by atoms with van der Waals surface area (Å²) in [4.78, 5) is 0. The standard InChI is InChI=1S/C6H11IO5.4Ac/c7-1-2-3(8)4(9)5(10)6(11)12-2;;;;/h2-6,8-11H,1H2;;;;/t2-,3?,4?,5?,6?;;;;/m1..../s1. The fourth-order valence-corrected chi connectivity index (χ4v) is 1.79. The van der Waals surface area contributed by atoms with Gasteiger partial charge in [0.25, 0.3) is 0 Å². The van der Waals surface area contributed by atoms with Crippen molar-refractivity contribution in [2.75, 3.05) is 4.43 Å². The fraction of sp³-hybridized carbons (Fsp3) is 1.00. The molecule has 16 heavy (non-hydrogen) atoms. The molecule has 5 nitrogen and oxygen atoms in total. The average Bonchev–Trinajstić information content (AvgIpc) is 2.08. The van der Waals surface area contributed by atoms with E-state index >= 15 is 0 Å². The van der Waals surface area contributed by atoms with Gasteiger partial charge >= 0.3 is 0 Å². The van der Waals surface area contributed by atoms with Crippen molar-refractivity contribution in [2.24, 2.45) is 0 Å². The van der Waals surface area contributed by atoms with Crippen molar-refractivity contribution in [3.63, 3.8) is 0 Å². The second kappa shape index (κ2) is 16.2. The third-order valence-electron chi connectivity index (χ3n) is 1.84. The summed E-state index contributed by atoms with van der Waals surface area (Å²) in [5, 5.41) is 36.5. The van der Waals surface area contributed by atoms with E-state index in [1.807, 2.05) is 22.6 Å². The summed E-state index contributed by atoms with van der Waals surface area (Å²) >= 11 is 1.96. The van der Waals surface area contributed by atoms with Crippen LogP contribution in [0.3, 0.4) is 0 Å². The van der Waals surface area contributed by atoms with Gasteiger partial charge in [0.05, 0.1) is 6.10 Å². The van der Waals surface area contributed by atoms with Crippen LogP contribution in [0.1, 0.15) is 0 Å². The molecule has 10 heteroatoms. The minimum absolute atomic E-state index is 0. The largest absolute Gasteiger partial charge is 0.388 e. The minimum atomic E-state index is -1.43. The van der Waals surface area contributed by atoms with Crippen molar-refractivity contribution in [2.45, 2.75) is 30.7 Å². The Balaban J connectivity index is -0.000000180. The van der Waals surface area contributed by atoms with Crippen LogP contribution < -0.4 is 0 Å². The molecule has 84 valence electrons. The van der Waals surface area contributed by atoms with Crippen LogP contribution in [0.15, 0.2) is 0 Å². The molecule has 5 atom stereocenters. The first kappa shape index (κ1) is 30.2. The van der Waals surface area contributed by atoms with Gasteiger partial charge in [-0.3, -0.25) is 0 Å². The Bertz CT molecular complexity index is 163. The van der Waals surface area contributed by atoms with Crippen LogP contribution in [0, 0.1) is 176 Å². The van der Waals surface area contributed by atoms with Crippen LogP contribution in [-0.4, -0.2) is 55.6 Å². The predicted octanol–water partition coefficient (Wildman–Crippen LogP) is -1.78. The van der Waals surface area contributed by atoms with E-state index in [0.29, 0.717) is 4.43 Å². The van der Waals surface area contributed by atoms with Gasteiger partial charge in [0.15, 0.2) is 6.29 Å². The molecule has 0 bridgehead atoms. The van der Waals surface area contributed by atoms with Crippen molar-refractivity contribution >= 4 is 22.6 Å². The van der Waals surface area contributed by atoms with E-state index in [1.54, 1.807) is 0 Å². The number of alkyl halides is 1. The summed E-state index contributed by atoms with van der Waals surface area (Å²) in [6, 6.07) is 0. The van der Waals surface area contributed by atoms with Crippen LogP contribution in [0.4, 0.5) is 0 Å². The summed E-state index contributed by atoms with van der Waals surface area (Å²) in [5.41, 5.74) is 0. The Morgan fingerprint density at radius 3 is 1.62 bits per heavy atom. The van der Waals surface area contributed by atoms with Gasteiger partial charge < -0.3 is 25.2 Å². The first-order valence-corrected chi connectivity index (χ1v) is 5.04. The Morgan fingerprint density at radius 2 is 1.25 bits per heavy atom. The first-order chi connectivity index (χ1) is 5.57. The van der Waals surface area contributed by atoms with Crippen LogP contribution >= 0.6 is 22.6 Å². The second-order valence-electron chi connectivity index (χ2n) is 2.69. The summed E-state index contributed by atoms with van der Waals surface area (Å²) in [6.07, 6.45) is -5.95. The third-order valence-corrected chi connectivity index (χ3v) is 2.71. The van der Waals surface area contributed by atoms with E-state index in [0.717, 1.165) is 0 Å². The molecule has 0 aromatic carbocycles. The summed E-state index contributed by atoms with van der Waals surface area (Å²) in [6.45, 7) is 0. The Morgan fingerprint density at radius 1 is 0.812 bits per heavy atom. The molecule has 0 saturated carbocycles. The molecular weight excluding hydrogens is 1190 g/mol. The first-order valence-electron chi connectivity index (χ1n) is 3.51. The molecule has 4 N–H and O–H groups in total. The molecule has 1 aliphatic heterocycles. The van der Waals surface area contributed by atoms with Crippen molar-refractivity contribution in [1.29, 1.82) is 0 Å². The number of ether oxygens (including phenoxy) is 1. The number of hydrogen-bond acceptors (Lipinski definition) is 5. The molecule has 4 unspecified atom stereocenters. The zero-order chi connectivity index (χ0) is 9.30.